The first kappa shape index (κ1) is 9.52. The minimum absolute atomic E-state index is 0.660. The van der Waals surface area contributed by atoms with E-state index in [-0.39, 0.29) is 0 Å². The molecular formula is C10H11BrN2O. The predicted octanol–water partition coefficient (Wildman–Crippen LogP) is 2.73. The average molecular weight is 255 g/mol. The molecule has 0 bridgehead atoms. The van der Waals surface area contributed by atoms with Gasteiger partial charge >= 0.3 is 0 Å². The van der Waals surface area contributed by atoms with Gasteiger partial charge in [0.25, 0.3) is 0 Å². The summed E-state index contributed by atoms with van der Waals surface area (Å²) in [5.41, 5.74) is 0.906. The summed E-state index contributed by atoms with van der Waals surface area (Å²) in [7, 11) is 1.90. The second kappa shape index (κ2) is 3.61. The quantitative estimate of drug-likeness (QED) is 0.824. The van der Waals surface area contributed by atoms with Gasteiger partial charge in [0, 0.05) is 23.1 Å². The molecule has 0 N–H and O–H groups in total. The number of halogens is 1. The lowest BCUT2D eigenvalue weighted by Crippen LogP contribution is -1.93. The fourth-order valence-corrected chi connectivity index (χ4v) is 1.86. The summed E-state index contributed by atoms with van der Waals surface area (Å²) < 4.78 is 8.33. The highest BCUT2D eigenvalue weighted by Crippen LogP contribution is 2.30. The molecule has 0 saturated carbocycles. The smallest absolute Gasteiger partial charge is 0.147 e. The molecule has 1 aromatic carbocycles. The van der Waals surface area contributed by atoms with Gasteiger partial charge < -0.3 is 4.74 Å². The molecule has 14 heavy (non-hydrogen) atoms. The average Bonchev–Trinajstić information content (AvgIpc) is 2.53. The number of hydrogen-bond donors (Lipinski definition) is 0. The lowest BCUT2D eigenvalue weighted by Gasteiger charge is -2.03. The van der Waals surface area contributed by atoms with Crippen LogP contribution in [0.5, 0.6) is 5.75 Å². The monoisotopic (exact) mass is 254 g/mol. The van der Waals surface area contributed by atoms with Crippen molar-refractivity contribution < 1.29 is 4.74 Å². The van der Waals surface area contributed by atoms with Crippen LogP contribution in [0.1, 0.15) is 6.92 Å². The molecule has 0 spiro atoms. The van der Waals surface area contributed by atoms with Gasteiger partial charge in [-0.05, 0) is 19.1 Å². The van der Waals surface area contributed by atoms with Gasteiger partial charge in [-0.15, -0.1) is 0 Å². The summed E-state index contributed by atoms with van der Waals surface area (Å²) in [6.07, 6.45) is 1.97. The van der Waals surface area contributed by atoms with Crippen LogP contribution in [0.25, 0.3) is 10.9 Å². The maximum absolute atomic E-state index is 5.49. The zero-order valence-electron chi connectivity index (χ0n) is 8.12. The van der Waals surface area contributed by atoms with Crippen molar-refractivity contribution in [3.63, 3.8) is 0 Å². The second-order valence-corrected chi connectivity index (χ2v) is 3.90. The number of rotatable bonds is 2. The summed E-state index contributed by atoms with van der Waals surface area (Å²) in [4.78, 5) is 0. The summed E-state index contributed by atoms with van der Waals surface area (Å²) in [6.45, 7) is 2.63. The number of nitrogens with zero attached hydrogens (tertiary/aromatic N) is 2. The van der Waals surface area contributed by atoms with Crippen LogP contribution in [0, 0.1) is 0 Å². The normalized spacial score (nSPS) is 10.8. The van der Waals surface area contributed by atoms with E-state index in [1.807, 2.05) is 32.3 Å². The Balaban J connectivity index is 2.68. The number of aromatic nitrogens is 2. The van der Waals surface area contributed by atoms with Crippen molar-refractivity contribution >= 4 is 26.8 Å². The van der Waals surface area contributed by atoms with Crippen molar-refractivity contribution in [3.05, 3.63) is 22.8 Å². The molecule has 0 atom stereocenters. The number of benzene rings is 1. The van der Waals surface area contributed by atoms with Gasteiger partial charge in [0.15, 0.2) is 0 Å². The lowest BCUT2D eigenvalue weighted by molar-refractivity contribution is 0.343. The maximum atomic E-state index is 5.49. The first-order chi connectivity index (χ1) is 6.72. The molecule has 2 rings (SSSR count). The topological polar surface area (TPSA) is 27.1 Å². The summed E-state index contributed by atoms with van der Waals surface area (Å²) in [5, 5.41) is 5.44. The van der Waals surface area contributed by atoms with Crippen LogP contribution >= 0.6 is 15.9 Å². The molecular weight excluding hydrogens is 244 g/mol. The Hall–Kier alpha value is -1.03. The van der Waals surface area contributed by atoms with Crippen LogP contribution in [-0.2, 0) is 7.05 Å². The van der Waals surface area contributed by atoms with Crippen molar-refractivity contribution in [2.75, 3.05) is 6.61 Å². The zero-order chi connectivity index (χ0) is 10.1. The van der Waals surface area contributed by atoms with Crippen LogP contribution in [0.15, 0.2) is 22.8 Å². The van der Waals surface area contributed by atoms with Crippen LogP contribution in [-0.4, -0.2) is 16.4 Å². The molecule has 1 aromatic heterocycles. The highest BCUT2D eigenvalue weighted by atomic mass is 79.9. The van der Waals surface area contributed by atoms with Gasteiger partial charge in [0.05, 0.1) is 6.61 Å². The number of ether oxygens (including phenoxy) is 1. The molecule has 1 heterocycles. The molecule has 0 saturated heterocycles. The van der Waals surface area contributed by atoms with Gasteiger partial charge in [0.1, 0.15) is 11.3 Å². The molecule has 0 amide bonds. The van der Waals surface area contributed by atoms with Gasteiger partial charge in [-0.1, -0.05) is 15.9 Å². The van der Waals surface area contributed by atoms with E-state index in [4.69, 9.17) is 4.74 Å². The highest BCUT2D eigenvalue weighted by Gasteiger charge is 2.08. The molecule has 2 aromatic rings. The Kier molecular flexibility index (Phi) is 2.46. The van der Waals surface area contributed by atoms with Crippen LogP contribution in [0.3, 0.4) is 0 Å². The molecule has 3 nitrogen and oxygen atoms in total. The van der Waals surface area contributed by atoms with E-state index >= 15 is 0 Å². The fourth-order valence-electron chi connectivity index (χ4n) is 1.43. The molecule has 0 aliphatic carbocycles. The van der Waals surface area contributed by atoms with Gasteiger partial charge in [0.2, 0.25) is 0 Å². The molecule has 0 unspecified atom stereocenters. The van der Waals surface area contributed by atoms with E-state index in [0.29, 0.717) is 6.61 Å². The summed E-state index contributed by atoms with van der Waals surface area (Å²) >= 11 is 3.49. The fraction of sp³-hybridized carbons (Fsp3) is 0.300. The second-order valence-electron chi connectivity index (χ2n) is 3.04. The van der Waals surface area contributed by atoms with E-state index in [9.17, 15) is 0 Å². The standard InChI is InChI=1S/C10H11BrN2O/c1-3-14-9-5-4-8(11)7-6-13(2)12-10(7)9/h4-6H,3H2,1-2H3. The van der Waals surface area contributed by atoms with E-state index in [2.05, 4.69) is 21.0 Å². The Morgan fingerprint density at radius 3 is 3.00 bits per heavy atom. The van der Waals surface area contributed by atoms with Crippen molar-refractivity contribution in [2.45, 2.75) is 6.92 Å². The number of aryl methyl sites for hydroxylation is 1. The van der Waals surface area contributed by atoms with Crippen molar-refractivity contribution in [2.24, 2.45) is 7.05 Å². The third-order valence-corrected chi connectivity index (χ3v) is 2.69. The minimum atomic E-state index is 0.660. The van der Waals surface area contributed by atoms with Crippen LogP contribution < -0.4 is 4.74 Å². The van der Waals surface area contributed by atoms with Crippen LogP contribution in [0.2, 0.25) is 0 Å². The predicted molar refractivity (Wildman–Crippen MR) is 59.6 cm³/mol. The Labute approximate surface area is 90.8 Å². The summed E-state index contributed by atoms with van der Waals surface area (Å²) in [6, 6.07) is 3.91. The van der Waals surface area contributed by atoms with E-state index in [1.54, 1.807) is 4.68 Å². The zero-order valence-corrected chi connectivity index (χ0v) is 9.71. The highest BCUT2D eigenvalue weighted by molar-refractivity contribution is 9.10. The van der Waals surface area contributed by atoms with E-state index in [1.165, 1.54) is 0 Å². The molecule has 0 aliphatic rings. The lowest BCUT2D eigenvalue weighted by atomic mass is 10.2. The third kappa shape index (κ3) is 1.50. The van der Waals surface area contributed by atoms with Crippen LogP contribution in [0.4, 0.5) is 0 Å². The maximum Gasteiger partial charge on any atom is 0.147 e. The first-order valence-electron chi connectivity index (χ1n) is 4.47. The molecule has 0 radical (unpaired) electrons. The summed E-state index contributed by atoms with van der Waals surface area (Å²) in [5.74, 6) is 0.839. The van der Waals surface area contributed by atoms with Crippen molar-refractivity contribution in [1.82, 2.24) is 9.78 Å². The van der Waals surface area contributed by atoms with Gasteiger partial charge in [-0.2, -0.15) is 5.10 Å². The third-order valence-electron chi connectivity index (χ3n) is 2.00. The largest absolute Gasteiger partial charge is 0.492 e. The Morgan fingerprint density at radius 1 is 1.50 bits per heavy atom. The number of fused-ring (bicyclic) bond motifs is 1. The van der Waals surface area contributed by atoms with E-state index < -0.39 is 0 Å². The molecule has 0 fully saturated rings. The molecule has 74 valence electrons. The molecule has 0 aliphatic heterocycles. The van der Waals surface area contributed by atoms with Gasteiger partial charge in [-0.3, -0.25) is 4.68 Å². The number of hydrogen-bond acceptors (Lipinski definition) is 2. The Morgan fingerprint density at radius 2 is 2.29 bits per heavy atom. The SMILES string of the molecule is CCOc1ccc(Br)c2cn(C)nc12. The van der Waals surface area contributed by atoms with Crippen molar-refractivity contribution in [1.29, 1.82) is 0 Å². The van der Waals surface area contributed by atoms with Crippen molar-refractivity contribution in [3.8, 4) is 5.75 Å². The molecule has 4 heteroatoms. The Bertz CT molecular complexity index is 464. The van der Waals surface area contributed by atoms with E-state index in [0.717, 1.165) is 21.1 Å². The first-order valence-corrected chi connectivity index (χ1v) is 5.26. The minimum Gasteiger partial charge on any atom is -0.492 e. The van der Waals surface area contributed by atoms with Gasteiger partial charge in [-0.25, -0.2) is 0 Å².